The molecule has 1 aromatic heterocycles. The van der Waals surface area contributed by atoms with Gasteiger partial charge in [0.2, 0.25) is 5.91 Å². The van der Waals surface area contributed by atoms with Crippen molar-refractivity contribution in [2.75, 3.05) is 6.54 Å². The number of nitrogens with zero attached hydrogens (tertiary/aromatic N) is 1. The van der Waals surface area contributed by atoms with Crippen molar-refractivity contribution >= 4 is 11.9 Å². The topological polar surface area (TPSA) is 84.1 Å². The fraction of sp³-hybridized carbons (Fsp3) is 0.667. The van der Waals surface area contributed by atoms with Crippen LogP contribution in [0.1, 0.15) is 44.2 Å². The van der Waals surface area contributed by atoms with Crippen LogP contribution in [0.2, 0.25) is 0 Å². The Morgan fingerprint density at radius 1 is 1.43 bits per heavy atom. The second-order valence-electron chi connectivity index (χ2n) is 5.97. The van der Waals surface area contributed by atoms with Crippen LogP contribution >= 0.6 is 0 Å². The molecule has 0 radical (unpaired) electrons. The van der Waals surface area contributed by atoms with Crippen LogP contribution in [-0.2, 0) is 20.7 Å². The summed E-state index contributed by atoms with van der Waals surface area (Å²) in [6.45, 7) is 0.543. The minimum Gasteiger partial charge on any atom is -0.458 e. The molecule has 0 aromatic carbocycles. The minimum absolute atomic E-state index is 0.0535. The van der Waals surface area contributed by atoms with Gasteiger partial charge in [0.15, 0.2) is 0 Å². The molecular weight excluding hydrogens is 270 g/mol. The quantitative estimate of drug-likeness (QED) is 0.820. The van der Waals surface area contributed by atoms with E-state index in [1.807, 2.05) is 0 Å². The number of ether oxygens (including phenoxy) is 1. The fourth-order valence-electron chi connectivity index (χ4n) is 3.49. The Morgan fingerprint density at radius 2 is 2.24 bits per heavy atom. The molecule has 1 saturated heterocycles. The Labute approximate surface area is 123 Å². The lowest BCUT2D eigenvalue weighted by atomic mass is 9.75. The summed E-state index contributed by atoms with van der Waals surface area (Å²) in [5, 5.41) is 2.94. The van der Waals surface area contributed by atoms with Crippen LogP contribution < -0.4 is 5.32 Å². The predicted molar refractivity (Wildman–Crippen MR) is 75.3 cm³/mol. The zero-order valence-electron chi connectivity index (χ0n) is 12.1. The highest BCUT2D eigenvalue weighted by molar-refractivity contribution is 5.87. The normalized spacial score (nSPS) is 24.0. The molecule has 0 bridgehead atoms. The molecule has 1 spiro atoms. The van der Waals surface area contributed by atoms with Crippen LogP contribution in [0.3, 0.4) is 0 Å². The van der Waals surface area contributed by atoms with Crippen LogP contribution in [0.5, 0.6) is 0 Å². The van der Waals surface area contributed by atoms with E-state index in [4.69, 9.17) is 4.74 Å². The first-order chi connectivity index (χ1) is 10.2. The Morgan fingerprint density at radius 3 is 2.95 bits per heavy atom. The van der Waals surface area contributed by atoms with Crippen molar-refractivity contribution in [3.8, 4) is 0 Å². The zero-order chi connectivity index (χ0) is 14.7. The fourth-order valence-corrected chi connectivity index (χ4v) is 3.49. The predicted octanol–water partition coefficient (Wildman–Crippen LogP) is 1.33. The average molecular weight is 291 g/mol. The van der Waals surface area contributed by atoms with Crippen LogP contribution in [0, 0.1) is 5.92 Å². The lowest BCUT2D eigenvalue weighted by Crippen LogP contribution is -2.46. The largest absolute Gasteiger partial charge is 0.458 e. The van der Waals surface area contributed by atoms with Crippen LogP contribution in [0.25, 0.3) is 0 Å². The van der Waals surface area contributed by atoms with E-state index in [0.29, 0.717) is 13.0 Å². The van der Waals surface area contributed by atoms with Gasteiger partial charge in [-0.25, -0.2) is 4.98 Å². The van der Waals surface area contributed by atoms with Crippen LogP contribution in [0.4, 0.5) is 0 Å². The van der Waals surface area contributed by atoms with E-state index >= 15 is 0 Å². The maximum absolute atomic E-state index is 12.4. The molecule has 1 atom stereocenters. The molecule has 2 aliphatic rings. The van der Waals surface area contributed by atoms with Gasteiger partial charge < -0.3 is 15.0 Å². The highest BCUT2D eigenvalue weighted by atomic mass is 16.6. The first-order valence-corrected chi connectivity index (χ1v) is 7.66. The summed E-state index contributed by atoms with van der Waals surface area (Å²) in [7, 11) is 0. The van der Waals surface area contributed by atoms with E-state index in [0.717, 1.165) is 37.8 Å². The van der Waals surface area contributed by atoms with Crippen molar-refractivity contribution < 1.29 is 14.3 Å². The molecule has 2 fully saturated rings. The maximum Gasteiger partial charge on any atom is 0.307 e. The van der Waals surface area contributed by atoms with Gasteiger partial charge >= 0.3 is 5.97 Å². The molecule has 1 aliphatic carbocycles. The summed E-state index contributed by atoms with van der Waals surface area (Å²) < 4.78 is 5.56. The van der Waals surface area contributed by atoms with Crippen molar-refractivity contribution in [1.82, 2.24) is 15.3 Å². The third-order valence-corrected chi connectivity index (χ3v) is 4.59. The van der Waals surface area contributed by atoms with Gasteiger partial charge in [0.1, 0.15) is 5.60 Å². The zero-order valence-corrected chi connectivity index (χ0v) is 12.1. The van der Waals surface area contributed by atoms with Crippen molar-refractivity contribution in [3.05, 3.63) is 18.2 Å². The van der Waals surface area contributed by atoms with E-state index in [-0.39, 0.29) is 24.2 Å². The van der Waals surface area contributed by atoms with Crippen molar-refractivity contribution in [1.29, 1.82) is 0 Å². The standard InChI is InChI=1S/C15H21N3O3/c19-13-8-12(15(21-13)5-2-1-3-6-15)14(20)17-7-4-11-9-16-10-18-11/h9-10,12H,1-8H2,(H,16,18)(H,17,20)/t12-/m0/s1. The van der Waals surface area contributed by atoms with E-state index in [1.165, 1.54) is 0 Å². The maximum atomic E-state index is 12.4. The van der Waals surface area contributed by atoms with E-state index in [2.05, 4.69) is 15.3 Å². The number of carbonyl (C=O) groups is 2. The average Bonchev–Trinajstić information content (AvgIpc) is 3.08. The SMILES string of the molecule is O=C1C[C@@H](C(=O)NCCc2cnc[nH]2)C2(CCCCC2)O1. The Hall–Kier alpha value is -1.85. The van der Waals surface area contributed by atoms with Crippen molar-refractivity contribution in [3.63, 3.8) is 0 Å². The first kappa shape index (κ1) is 14.1. The number of hydrogen-bond acceptors (Lipinski definition) is 4. The lowest BCUT2D eigenvalue weighted by Gasteiger charge is -2.36. The number of aromatic nitrogens is 2. The highest BCUT2D eigenvalue weighted by Gasteiger charge is 2.52. The van der Waals surface area contributed by atoms with Gasteiger partial charge in [0.05, 0.1) is 18.7 Å². The minimum atomic E-state index is -0.534. The number of imidazole rings is 1. The summed E-state index contributed by atoms with van der Waals surface area (Å²) in [4.78, 5) is 31.0. The third kappa shape index (κ3) is 2.94. The number of rotatable bonds is 4. The van der Waals surface area contributed by atoms with Gasteiger partial charge in [-0.15, -0.1) is 0 Å². The molecule has 2 N–H and O–H groups in total. The Balaban J connectivity index is 1.58. The third-order valence-electron chi connectivity index (χ3n) is 4.59. The molecule has 0 unspecified atom stereocenters. The van der Waals surface area contributed by atoms with E-state index in [1.54, 1.807) is 12.5 Å². The molecule has 6 nitrogen and oxygen atoms in total. The lowest BCUT2D eigenvalue weighted by molar-refractivity contribution is -0.153. The second-order valence-corrected chi connectivity index (χ2v) is 5.97. The highest BCUT2D eigenvalue weighted by Crippen LogP contribution is 2.44. The molecule has 2 heterocycles. The Bertz CT molecular complexity index is 506. The number of hydrogen-bond donors (Lipinski definition) is 2. The number of carbonyl (C=O) groups excluding carboxylic acids is 2. The molecule has 1 aromatic rings. The molecule has 1 aliphatic heterocycles. The van der Waals surface area contributed by atoms with Crippen LogP contribution in [-0.4, -0.2) is 34.0 Å². The number of esters is 1. The summed E-state index contributed by atoms with van der Waals surface area (Å²) in [5.74, 6) is -0.611. The molecule has 1 saturated carbocycles. The molecule has 114 valence electrons. The number of H-pyrrole nitrogens is 1. The smallest absolute Gasteiger partial charge is 0.307 e. The van der Waals surface area contributed by atoms with E-state index in [9.17, 15) is 9.59 Å². The van der Waals surface area contributed by atoms with Gasteiger partial charge in [-0.05, 0) is 25.7 Å². The molecular formula is C15H21N3O3. The summed E-state index contributed by atoms with van der Waals surface area (Å²) in [5.41, 5.74) is 0.453. The monoisotopic (exact) mass is 291 g/mol. The molecule has 6 heteroatoms. The molecule has 21 heavy (non-hydrogen) atoms. The van der Waals surface area contributed by atoms with E-state index < -0.39 is 5.60 Å². The first-order valence-electron chi connectivity index (χ1n) is 7.66. The Kier molecular flexibility index (Phi) is 3.94. The molecule has 3 rings (SSSR count). The summed E-state index contributed by atoms with van der Waals surface area (Å²) in [6.07, 6.45) is 9.16. The van der Waals surface area contributed by atoms with Gasteiger partial charge in [0, 0.05) is 24.9 Å². The van der Waals surface area contributed by atoms with Crippen molar-refractivity contribution in [2.24, 2.45) is 5.92 Å². The van der Waals surface area contributed by atoms with Gasteiger partial charge in [-0.1, -0.05) is 6.42 Å². The number of aromatic amines is 1. The number of nitrogens with one attached hydrogen (secondary N) is 2. The molecule has 1 amide bonds. The van der Waals surface area contributed by atoms with Crippen molar-refractivity contribution in [2.45, 2.75) is 50.5 Å². The van der Waals surface area contributed by atoms with Gasteiger partial charge in [0.25, 0.3) is 0 Å². The summed E-state index contributed by atoms with van der Waals surface area (Å²) in [6, 6.07) is 0. The van der Waals surface area contributed by atoms with Gasteiger partial charge in [-0.3, -0.25) is 9.59 Å². The number of amides is 1. The summed E-state index contributed by atoms with van der Waals surface area (Å²) >= 11 is 0. The second kappa shape index (κ2) is 5.87. The van der Waals surface area contributed by atoms with Crippen LogP contribution in [0.15, 0.2) is 12.5 Å². The van der Waals surface area contributed by atoms with Gasteiger partial charge in [-0.2, -0.15) is 0 Å².